The van der Waals surface area contributed by atoms with Gasteiger partial charge in [0, 0.05) is 36.1 Å². The van der Waals surface area contributed by atoms with Gasteiger partial charge in [-0.25, -0.2) is 4.98 Å². The van der Waals surface area contributed by atoms with Crippen molar-refractivity contribution in [1.82, 2.24) is 14.7 Å². The van der Waals surface area contributed by atoms with Gasteiger partial charge >= 0.3 is 0 Å². The summed E-state index contributed by atoms with van der Waals surface area (Å²) in [6.45, 7) is 6.74. The van der Waals surface area contributed by atoms with Crippen LogP contribution in [0.3, 0.4) is 0 Å². The molecule has 1 aliphatic carbocycles. The minimum absolute atomic E-state index is 0.490. The molecule has 19 heavy (non-hydrogen) atoms. The van der Waals surface area contributed by atoms with E-state index in [9.17, 15) is 0 Å². The highest BCUT2D eigenvalue weighted by Gasteiger charge is 2.29. The maximum absolute atomic E-state index is 4.76. The van der Waals surface area contributed by atoms with Gasteiger partial charge in [-0.2, -0.15) is 4.37 Å². The lowest BCUT2D eigenvalue weighted by molar-refractivity contribution is 0.393. The van der Waals surface area contributed by atoms with Crippen molar-refractivity contribution in [3.05, 3.63) is 5.82 Å². The molecule has 0 aromatic carbocycles. The molecular formula is C14H24N4S. The van der Waals surface area contributed by atoms with Crippen LogP contribution in [0.2, 0.25) is 0 Å². The molecule has 1 N–H and O–H groups in total. The number of nitrogens with one attached hydrogen (secondary N) is 1. The monoisotopic (exact) mass is 280 g/mol. The SMILES string of the molecule is CC(C)N(CC1CCCCN1)c1nc(C2CC2)ns1. The molecule has 3 rings (SSSR count). The second-order valence-electron chi connectivity index (χ2n) is 6.10. The number of aromatic nitrogens is 2. The van der Waals surface area contributed by atoms with Crippen molar-refractivity contribution < 1.29 is 0 Å². The molecule has 1 atom stereocenters. The van der Waals surface area contributed by atoms with E-state index in [1.165, 1.54) is 38.6 Å². The van der Waals surface area contributed by atoms with Crippen LogP contribution in [0.4, 0.5) is 5.13 Å². The molecule has 0 amide bonds. The van der Waals surface area contributed by atoms with Gasteiger partial charge in [0.2, 0.25) is 5.13 Å². The third kappa shape index (κ3) is 3.26. The predicted molar refractivity (Wildman–Crippen MR) is 80.0 cm³/mol. The van der Waals surface area contributed by atoms with Crippen molar-refractivity contribution in [2.75, 3.05) is 18.0 Å². The fraction of sp³-hybridized carbons (Fsp3) is 0.857. The van der Waals surface area contributed by atoms with Gasteiger partial charge in [0.15, 0.2) is 0 Å². The van der Waals surface area contributed by atoms with Gasteiger partial charge in [0.25, 0.3) is 0 Å². The van der Waals surface area contributed by atoms with Crippen LogP contribution in [0.1, 0.15) is 57.7 Å². The highest BCUT2D eigenvalue weighted by Crippen LogP contribution is 2.39. The van der Waals surface area contributed by atoms with E-state index < -0.39 is 0 Å². The van der Waals surface area contributed by atoms with Gasteiger partial charge in [0.1, 0.15) is 5.82 Å². The van der Waals surface area contributed by atoms with E-state index in [1.54, 1.807) is 11.5 Å². The summed E-state index contributed by atoms with van der Waals surface area (Å²) in [5.41, 5.74) is 0. The van der Waals surface area contributed by atoms with Crippen LogP contribution in [-0.4, -0.2) is 34.5 Å². The molecule has 0 bridgehead atoms. The first-order valence-corrected chi connectivity index (χ1v) is 8.35. The first kappa shape index (κ1) is 13.3. The molecule has 1 aromatic rings. The number of rotatable bonds is 5. The predicted octanol–water partition coefficient (Wildman–Crippen LogP) is 2.77. The fourth-order valence-electron chi connectivity index (χ4n) is 2.68. The zero-order valence-electron chi connectivity index (χ0n) is 11.9. The summed E-state index contributed by atoms with van der Waals surface area (Å²) in [5.74, 6) is 1.74. The van der Waals surface area contributed by atoms with Crippen LogP contribution in [-0.2, 0) is 0 Å². The molecule has 1 aromatic heterocycles. The Balaban J connectivity index is 1.67. The molecule has 2 heterocycles. The van der Waals surface area contributed by atoms with Gasteiger partial charge in [-0.05, 0) is 46.1 Å². The Morgan fingerprint density at radius 1 is 1.32 bits per heavy atom. The summed E-state index contributed by atoms with van der Waals surface area (Å²) in [6, 6.07) is 1.10. The van der Waals surface area contributed by atoms with Crippen LogP contribution in [0.15, 0.2) is 0 Å². The van der Waals surface area contributed by atoms with E-state index in [0.29, 0.717) is 18.0 Å². The van der Waals surface area contributed by atoms with E-state index in [0.717, 1.165) is 17.5 Å². The molecule has 4 nitrogen and oxygen atoms in total. The van der Waals surface area contributed by atoms with Crippen LogP contribution in [0.5, 0.6) is 0 Å². The second-order valence-corrected chi connectivity index (χ2v) is 6.83. The van der Waals surface area contributed by atoms with Crippen LogP contribution in [0, 0.1) is 0 Å². The van der Waals surface area contributed by atoms with Crippen LogP contribution >= 0.6 is 11.5 Å². The van der Waals surface area contributed by atoms with E-state index in [1.807, 2.05) is 0 Å². The Labute approximate surface area is 119 Å². The Kier molecular flexibility index (Phi) is 4.03. The van der Waals surface area contributed by atoms with E-state index in [4.69, 9.17) is 4.98 Å². The molecule has 5 heteroatoms. The summed E-state index contributed by atoms with van der Waals surface area (Å²) in [7, 11) is 0. The lowest BCUT2D eigenvalue weighted by atomic mass is 10.0. The van der Waals surface area contributed by atoms with Crippen molar-refractivity contribution in [2.24, 2.45) is 0 Å². The van der Waals surface area contributed by atoms with Crippen LogP contribution < -0.4 is 10.2 Å². The highest BCUT2D eigenvalue weighted by atomic mass is 32.1. The molecule has 1 saturated heterocycles. The van der Waals surface area contributed by atoms with Crippen LogP contribution in [0.25, 0.3) is 0 Å². The first-order valence-electron chi connectivity index (χ1n) is 7.57. The standard InChI is InChI=1S/C14H24N4S/c1-10(2)18(9-12-5-3-4-8-15-12)14-16-13(17-19-14)11-6-7-11/h10-12,15H,3-9H2,1-2H3. The Morgan fingerprint density at radius 3 is 2.79 bits per heavy atom. The van der Waals surface area contributed by atoms with Crippen molar-refractivity contribution in [1.29, 1.82) is 0 Å². The highest BCUT2D eigenvalue weighted by molar-refractivity contribution is 7.09. The molecule has 0 spiro atoms. The average Bonchev–Trinajstić information content (AvgIpc) is 3.16. The molecule has 2 fully saturated rings. The Bertz CT molecular complexity index is 407. The van der Waals surface area contributed by atoms with Crippen molar-refractivity contribution in [3.8, 4) is 0 Å². The van der Waals surface area contributed by atoms with Crippen molar-refractivity contribution in [3.63, 3.8) is 0 Å². The molecule has 1 unspecified atom stereocenters. The summed E-state index contributed by atoms with van der Waals surface area (Å²) in [6.07, 6.45) is 6.53. The van der Waals surface area contributed by atoms with Gasteiger partial charge in [-0.15, -0.1) is 0 Å². The first-order chi connectivity index (χ1) is 9.24. The molecular weight excluding hydrogens is 256 g/mol. The topological polar surface area (TPSA) is 41.0 Å². The zero-order valence-corrected chi connectivity index (χ0v) is 12.7. The Morgan fingerprint density at radius 2 is 2.16 bits per heavy atom. The summed E-state index contributed by atoms with van der Waals surface area (Å²) in [4.78, 5) is 7.19. The lowest BCUT2D eigenvalue weighted by Gasteiger charge is -2.32. The molecule has 2 aliphatic rings. The zero-order chi connectivity index (χ0) is 13.2. The molecule has 0 radical (unpaired) electrons. The fourth-order valence-corrected chi connectivity index (χ4v) is 3.57. The minimum atomic E-state index is 0.490. The number of nitrogens with zero attached hydrogens (tertiary/aromatic N) is 3. The number of hydrogen-bond acceptors (Lipinski definition) is 5. The summed E-state index contributed by atoms with van der Waals surface area (Å²) >= 11 is 1.58. The van der Waals surface area contributed by atoms with Crippen molar-refractivity contribution >= 4 is 16.7 Å². The number of hydrogen-bond donors (Lipinski definition) is 1. The van der Waals surface area contributed by atoms with E-state index >= 15 is 0 Å². The molecule has 1 aliphatic heterocycles. The third-order valence-corrected chi connectivity index (χ3v) is 4.84. The largest absolute Gasteiger partial charge is 0.343 e. The smallest absolute Gasteiger partial charge is 0.205 e. The maximum Gasteiger partial charge on any atom is 0.205 e. The average molecular weight is 280 g/mol. The molecule has 106 valence electrons. The quantitative estimate of drug-likeness (QED) is 0.900. The van der Waals surface area contributed by atoms with Gasteiger partial charge in [-0.1, -0.05) is 6.42 Å². The third-order valence-electron chi connectivity index (χ3n) is 4.07. The molecule has 1 saturated carbocycles. The number of anilines is 1. The lowest BCUT2D eigenvalue weighted by Crippen LogP contribution is -2.46. The summed E-state index contributed by atoms with van der Waals surface area (Å²) in [5, 5.41) is 4.75. The van der Waals surface area contributed by atoms with E-state index in [2.05, 4.69) is 28.4 Å². The van der Waals surface area contributed by atoms with Crippen molar-refractivity contribution in [2.45, 2.75) is 64.0 Å². The van der Waals surface area contributed by atoms with Gasteiger partial charge < -0.3 is 10.2 Å². The van der Waals surface area contributed by atoms with Gasteiger partial charge in [0.05, 0.1) is 0 Å². The minimum Gasteiger partial charge on any atom is -0.343 e. The Hall–Kier alpha value is -0.680. The maximum atomic E-state index is 4.76. The number of piperidine rings is 1. The normalized spacial score (nSPS) is 23.8. The second kappa shape index (κ2) is 5.75. The van der Waals surface area contributed by atoms with E-state index in [-0.39, 0.29) is 0 Å². The van der Waals surface area contributed by atoms with Gasteiger partial charge in [-0.3, -0.25) is 0 Å². The summed E-state index contributed by atoms with van der Waals surface area (Å²) < 4.78 is 4.54.